The number of hydrogen-bond acceptors (Lipinski definition) is 3. The minimum Gasteiger partial charge on any atom is -0.492 e. The molecule has 0 aliphatic carbocycles. The summed E-state index contributed by atoms with van der Waals surface area (Å²) in [6.07, 6.45) is 2.06. The summed E-state index contributed by atoms with van der Waals surface area (Å²) in [6, 6.07) is 7.66. The van der Waals surface area contributed by atoms with Crippen LogP contribution in [-0.2, 0) is 4.79 Å². The Balaban J connectivity index is 0.00000200. The molecule has 1 saturated heterocycles. The van der Waals surface area contributed by atoms with E-state index in [0.29, 0.717) is 13.2 Å². The van der Waals surface area contributed by atoms with Crippen molar-refractivity contribution in [3.63, 3.8) is 0 Å². The monoisotopic (exact) mass is 362 g/mol. The van der Waals surface area contributed by atoms with Crippen LogP contribution in [0.4, 0.5) is 0 Å². The van der Waals surface area contributed by atoms with Crippen LogP contribution in [0.25, 0.3) is 0 Å². The Morgan fingerprint density at radius 1 is 1.40 bits per heavy atom. The van der Waals surface area contributed by atoms with E-state index >= 15 is 0 Å². The first-order valence-electron chi connectivity index (χ1n) is 6.62. The molecule has 2 rings (SSSR count). The van der Waals surface area contributed by atoms with E-state index in [0.717, 1.165) is 36.2 Å². The van der Waals surface area contributed by atoms with Gasteiger partial charge in [0, 0.05) is 11.0 Å². The van der Waals surface area contributed by atoms with Gasteiger partial charge in [-0.3, -0.25) is 4.79 Å². The van der Waals surface area contributed by atoms with Crippen molar-refractivity contribution in [1.29, 1.82) is 0 Å². The normalized spacial score (nSPS) is 17.9. The molecule has 0 aromatic heterocycles. The summed E-state index contributed by atoms with van der Waals surface area (Å²) in [7, 11) is 0. The van der Waals surface area contributed by atoms with E-state index in [4.69, 9.17) is 4.74 Å². The minimum atomic E-state index is 0. The molecule has 2 N–H and O–H groups in total. The van der Waals surface area contributed by atoms with Crippen LogP contribution >= 0.6 is 28.3 Å². The van der Waals surface area contributed by atoms with E-state index in [-0.39, 0.29) is 24.2 Å². The first-order valence-corrected chi connectivity index (χ1v) is 7.42. The molecule has 112 valence electrons. The van der Waals surface area contributed by atoms with Crippen molar-refractivity contribution in [3.8, 4) is 5.75 Å². The van der Waals surface area contributed by atoms with Crippen LogP contribution in [0.5, 0.6) is 5.75 Å². The lowest BCUT2D eigenvalue weighted by Gasteiger charge is -2.21. The zero-order valence-electron chi connectivity index (χ0n) is 11.2. The first-order chi connectivity index (χ1) is 9.25. The van der Waals surface area contributed by atoms with Crippen LogP contribution in [0.1, 0.15) is 12.8 Å². The average molecular weight is 364 g/mol. The summed E-state index contributed by atoms with van der Waals surface area (Å²) < 4.78 is 6.57. The van der Waals surface area contributed by atoms with Gasteiger partial charge in [0.2, 0.25) is 5.91 Å². The van der Waals surface area contributed by atoms with Gasteiger partial charge in [-0.15, -0.1) is 12.4 Å². The van der Waals surface area contributed by atoms with E-state index in [2.05, 4.69) is 26.6 Å². The van der Waals surface area contributed by atoms with Crippen LogP contribution in [-0.4, -0.2) is 32.1 Å². The molecule has 4 nitrogen and oxygen atoms in total. The Bertz CT molecular complexity index is 408. The summed E-state index contributed by atoms with van der Waals surface area (Å²) >= 11 is 3.37. The largest absolute Gasteiger partial charge is 0.492 e. The molecular weight excluding hydrogens is 344 g/mol. The van der Waals surface area contributed by atoms with Crippen molar-refractivity contribution in [2.45, 2.75) is 12.8 Å². The number of ether oxygens (including phenoxy) is 1. The summed E-state index contributed by atoms with van der Waals surface area (Å²) in [5.74, 6) is 1.06. The second-order valence-corrected chi connectivity index (χ2v) is 5.55. The summed E-state index contributed by atoms with van der Waals surface area (Å²) in [6.45, 7) is 2.86. The number of benzene rings is 1. The van der Waals surface area contributed by atoms with Gasteiger partial charge in [0.05, 0.1) is 12.5 Å². The summed E-state index contributed by atoms with van der Waals surface area (Å²) in [5.41, 5.74) is 0. The molecule has 1 atom stereocenters. The number of hydrogen-bond donors (Lipinski definition) is 2. The molecule has 1 aliphatic rings. The van der Waals surface area contributed by atoms with Crippen molar-refractivity contribution >= 4 is 34.2 Å². The van der Waals surface area contributed by atoms with E-state index in [1.54, 1.807) is 0 Å². The smallest absolute Gasteiger partial charge is 0.224 e. The third-order valence-electron chi connectivity index (χ3n) is 3.15. The Hall–Kier alpha value is -0.780. The second-order valence-electron chi connectivity index (χ2n) is 4.64. The van der Waals surface area contributed by atoms with E-state index in [1.165, 1.54) is 0 Å². The fraction of sp³-hybridized carbons (Fsp3) is 0.500. The molecule has 1 aromatic carbocycles. The third-order valence-corrected chi connectivity index (χ3v) is 3.68. The molecule has 6 heteroatoms. The number of nitrogens with one attached hydrogen (secondary N) is 2. The lowest BCUT2D eigenvalue weighted by atomic mass is 9.99. The highest BCUT2D eigenvalue weighted by Crippen LogP contribution is 2.15. The lowest BCUT2D eigenvalue weighted by molar-refractivity contribution is -0.125. The van der Waals surface area contributed by atoms with Crippen molar-refractivity contribution < 1.29 is 9.53 Å². The van der Waals surface area contributed by atoms with Crippen molar-refractivity contribution in [1.82, 2.24) is 10.6 Å². The van der Waals surface area contributed by atoms with Crippen LogP contribution < -0.4 is 15.4 Å². The number of amides is 1. The highest BCUT2D eigenvalue weighted by atomic mass is 79.9. The molecule has 1 unspecified atom stereocenters. The summed E-state index contributed by atoms with van der Waals surface area (Å²) in [5, 5.41) is 6.16. The van der Waals surface area contributed by atoms with E-state index in [9.17, 15) is 4.79 Å². The van der Waals surface area contributed by atoms with Gasteiger partial charge in [-0.05, 0) is 43.7 Å². The number of carbonyl (C=O) groups is 1. The molecule has 1 fully saturated rings. The van der Waals surface area contributed by atoms with Gasteiger partial charge >= 0.3 is 0 Å². The highest BCUT2D eigenvalue weighted by Gasteiger charge is 2.20. The van der Waals surface area contributed by atoms with Gasteiger partial charge in [0.15, 0.2) is 0 Å². The molecule has 0 saturated carbocycles. The third kappa shape index (κ3) is 5.69. The van der Waals surface area contributed by atoms with Crippen LogP contribution in [0.2, 0.25) is 0 Å². The maximum atomic E-state index is 11.8. The van der Waals surface area contributed by atoms with Crippen molar-refractivity contribution in [2.24, 2.45) is 5.92 Å². The number of piperidine rings is 1. The SMILES string of the molecule is Cl.O=C(NCCOc1ccc(Br)cc1)C1CCCNC1. The number of rotatable bonds is 5. The van der Waals surface area contributed by atoms with Gasteiger partial charge < -0.3 is 15.4 Å². The molecule has 20 heavy (non-hydrogen) atoms. The van der Waals surface area contributed by atoms with Crippen LogP contribution in [0.3, 0.4) is 0 Å². The maximum Gasteiger partial charge on any atom is 0.224 e. The lowest BCUT2D eigenvalue weighted by Crippen LogP contribution is -2.41. The maximum absolute atomic E-state index is 11.8. The molecule has 0 spiro atoms. The van der Waals surface area contributed by atoms with Gasteiger partial charge in [-0.25, -0.2) is 0 Å². The molecule has 0 bridgehead atoms. The Morgan fingerprint density at radius 3 is 2.80 bits per heavy atom. The number of halogens is 2. The predicted molar refractivity (Wildman–Crippen MR) is 85.5 cm³/mol. The van der Waals surface area contributed by atoms with E-state index < -0.39 is 0 Å². The molecule has 1 aliphatic heterocycles. The number of carbonyl (C=O) groups excluding carboxylic acids is 1. The van der Waals surface area contributed by atoms with Crippen LogP contribution in [0, 0.1) is 5.92 Å². The quantitative estimate of drug-likeness (QED) is 0.790. The average Bonchev–Trinajstić information content (AvgIpc) is 2.46. The fourth-order valence-corrected chi connectivity index (χ4v) is 2.36. The Kier molecular flexibility index (Phi) is 7.95. The zero-order chi connectivity index (χ0) is 13.5. The molecule has 1 heterocycles. The standard InChI is InChI=1S/C14H19BrN2O2.ClH/c15-12-3-5-13(6-4-12)19-9-8-17-14(18)11-2-1-7-16-10-11;/h3-6,11,16H,1-2,7-10H2,(H,17,18);1H. The predicted octanol–water partition coefficient (Wildman–Crippen LogP) is 2.37. The summed E-state index contributed by atoms with van der Waals surface area (Å²) in [4.78, 5) is 11.8. The fourth-order valence-electron chi connectivity index (χ4n) is 2.09. The molecule has 0 radical (unpaired) electrons. The van der Waals surface area contributed by atoms with Gasteiger partial charge in [0.1, 0.15) is 12.4 Å². The molecule has 1 amide bonds. The van der Waals surface area contributed by atoms with Gasteiger partial charge in [0.25, 0.3) is 0 Å². The van der Waals surface area contributed by atoms with Gasteiger partial charge in [-0.1, -0.05) is 15.9 Å². The van der Waals surface area contributed by atoms with Gasteiger partial charge in [-0.2, -0.15) is 0 Å². The Labute approximate surface area is 134 Å². The topological polar surface area (TPSA) is 50.4 Å². The Morgan fingerprint density at radius 2 is 2.15 bits per heavy atom. The molecule has 1 aromatic rings. The molecular formula is C14H20BrClN2O2. The van der Waals surface area contributed by atoms with E-state index in [1.807, 2.05) is 24.3 Å². The first kappa shape index (κ1) is 17.3. The highest BCUT2D eigenvalue weighted by molar-refractivity contribution is 9.10. The second kappa shape index (κ2) is 9.21. The minimum absolute atomic E-state index is 0. The van der Waals surface area contributed by atoms with Crippen molar-refractivity contribution in [3.05, 3.63) is 28.7 Å². The van der Waals surface area contributed by atoms with Crippen LogP contribution in [0.15, 0.2) is 28.7 Å². The van der Waals surface area contributed by atoms with Crippen molar-refractivity contribution in [2.75, 3.05) is 26.2 Å². The zero-order valence-corrected chi connectivity index (χ0v) is 13.6.